The first kappa shape index (κ1) is 15.8. The van der Waals surface area contributed by atoms with Crippen LogP contribution in [0.2, 0.25) is 0 Å². The Morgan fingerprint density at radius 3 is 2.58 bits per heavy atom. The van der Waals surface area contributed by atoms with E-state index in [0.717, 1.165) is 6.42 Å². The van der Waals surface area contributed by atoms with Crippen molar-refractivity contribution in [1.82, 2.24) is 0 Å². The van der Waals surface area contributed by atoms with Crippen molar-refractivity contribution in [3.05, 3.63) is 23.7 Å². The number of hydrogen-bond acceptors (Lipinski definition) is 3. The molecule has 0 spiro atoms. The minimum absolute atomic E-state index is 0.0370. The topological polar surface area (TPSA) is 59.7 Å². The third-order valence-electron chi connectivity index (χ3n) is 3.10. The van der Waals surface area contributed by atoms with E-state index in [1.165, 1.54) is 38.2 Å². The highest BCUT2D eigenvalue weighted by Crippen LogP contribution is 2.20. The lowest BCUT2D eigenvalue weighted by molar-refractivity contribution is 0.0450. The molecule has 0 saturated carbocycles. The third kappa shape index (κ3) is 5.92. The van der Waals surface area contributed by atoms with E-state index < -0.39 is 5.97 Å². The van der Waals surface area contributed by atoms with Gasteiger partial charge in [-0.05, 0) is 25.5 Å². The number of furan rings is 1. The fourth-order valence-electron chi connectivity index (χ4n) is 1.91. The number of hydrogen-bond donors (Lipinski definition) is 1. The van der Waals surface area contributed by atoms with Gasteiger partial charge < -0.3 is 14.3 Å². The fourth-order valence-corrected chi connectivity index (χ4v) is 1.91. The molecule has 0 bridgehead atoms. The highest BCUT2D eigenvalue weighted by atomic mass is 16.5. The largest absolute Gasteiger partial charge is 0.475 e. The maximum absolute atomic E-state index is 10.7. The summed E-state index contributed by atoms with van der Waals surface area (Å²) < 4.78 is 10.8. The Morgan fingerprint density at radius 2 is 1.95 bits per heavy atom. The number of aromatic carboxylic acids is 1. The summed E-state index contributed by atoms with van der Waals surface area (Å²) in [5.41, 5.74) is 0. The van der Waals surface area contributed by atoms with E-state index in [-0.39, 0.29) is 11.9 Å². The Hall–Kier alpha value is -1.29. The van der Waals surface area contributed by atoms with Crippen molar-refractivity contribution in [2.45, 2.75) is 58.5 Å². The van der Waals surface area contributed by atoms with Crippen LogP contribution < -0.4 is 0 Å². The molecule has 0 aliphatic rings. The molecule has 1 heterocycles. The highest BCUT2D eigenvalue weighted by molar-refractivity contribution is 5.84. The van der Waals surface area contributed by atoms with Gasteiger partial charge >= 0.3 is 5.97 Å². The molecule has 1 rings (SSSR count). The second-order valence-corrected chi connectivity index (χ2v) is 4.79. The summed E-state index contributed by atoms with van der Waals surface area (Å²) in [6.45, 7) is 4.78. The normalized spacial score (nSPS) is 12.5. The number of carbonyl (C=O) groups is 1. The van der Waals surface area contributed by atoms with Crippen molar-refractivity contribution in [1.29, 1.82) is 0 Å². The average Bonchev–Trinajstić information content (AvgIpc) is 2.87. The van der Waals surface area contributed by atoms with Crippen LogP contribution in [-0.4, -0.2) is 17.7 Å². The second kappa shape index (κ2) is 8.75. The molecule has 1 aromatic heterocycles. The van der Waals surface area contributed by atoms with Crippen LogP contribution in [0.4, 0.5) is 0 Å². The van der Waals surface area contributed by atoms with E-state index >= 15 is 0 Å². The monoisotopic (exact) mass is 268 g/mol. The zero-order valence-electron chi connectivity index (χ0n) is 11.9. The standard InChI is InChI=1S/C15H24O4/c1-3-4-5-6-7-8-11-18-12(2)13-9-10-14(19-13)15(16)17/h9-10,12H,3-8,11H2,1-2H3,(H,16,17). The Morgan fingerprint density at radius 1 is 1.26 bits per heavy atom. The summed E-state index contributed by atoms with van der Waals surface area (Å²) in [6, 6.07) is 3.12. The second-order valence-electron chi connectivity index (χ2n) is 4.79. The number of rotatable bonds is 10. The Balaban J connectivity index is 2.16. The molecule has 1 aromatic rings. The van der Waals surface area contributed by atoms with Gasteiger partial charge in [-0.3, -0.25) is 0 Å². The lowest BCUT2D eigenvalue weighted by Gasteiger charge is -2.10. The van der Waals surface area contributed by atoms with Crippen LogP contribution in [0.15, 0.2) is 16.5 Å². The summed E-state index contributed by atoms with van der Waals surface area (Å²) >= 11 is 0. The first-order chi connectivity index (χ1) is 9.15. The first-order valence-electron chi connectivity index (χ1n) is 7.09. The van der Waals surface area contributed by atoms with Gasteiger partial charge in [0.05, 0.1) is 0 Å². The SMILES string of the molecule is CCCCCCCCOC(C)c1ccc(C(=O)O)o1. The van der Waals surface area contributed by atoms with E-state index in [9.17, 15) is 4.79 Å². The van der Waals surface area contributed by atoms with Gasteiger partial charge in [0.1, 0.15) is 11.9 Å². The number of unbranched alkanes of at least 4 members (excludes halogenated alkanes) is 5. The molecule has 1 N–H and O–H groups in total. The lowest BCUT2D eigenvalue weighted by Crippen LogP contribution is -2.01. The Kier molecular flexibility index (Phi) is 7.26. The van der Waals surface area contributed by atoms with Gasteiger partial charge in [0, 0.05) is 6.61 Å². The Labute approximate surface area is 114 Å². The smallest absolute Gasteiger partial charge is 0.371 e. The molecule has 4 heteroatoms. The van der Waals surface area contributed by atoms with Crippen molar-refractivity contribution in [3.63, 3.8) is 0 Å². The van der Waals surface area contributed by atoms with Gasteiger partial charge in [-0.25, -0.2) is 4.79 Å². The average molecular weight is 268 g/mol. The van der Waals surface area contributed by atoms with E-state index in [1.54, 1.807) is 6.07 Å². The van der Waals surface area contributed by atoms with Crippen LogP contribution in [0, 0.1) is 0 Å². The summed E-state index contributed by atoms with van der Waals surface area (Å²) in [6.07, 6.45) is 7.16. The van der Waals surface area contributed by atoms with Gasteiger partial charge in [-0.1, -0.05) is 39.0 Å². The molecule has 0 fully saturated rings. The molecule has 0 amide bonds. The molecule has 0 saturated heterocycles. The minimum Gasteiger partial charge on any atom is -0.475 e. The third-order valence-corrected chi connectivity index (χ3v) is 3.10. The van der Waals surface area contributed by atoms with Crippen molar-refractivity contribution in [3.8, 4) is 0 Å². The van der Waals surface area contributed by atoms with Crippen LogP contribution in [-0.2, 0) is 4.74 Å². The molecule has 0 radical (unpaired) electrons. The van der Waals surface area contributed by atoms with Crippen molar-refractivity contribution in [2.24, 2.45) is 0 Å². The zero-order valence-corrected chi connectivity index (χ0v) is 11.9. The molecule has 0 aromatic carbocycles. The number of carboxylic acids is 1. The maximum Gasteiger partial charge on any atom is 0.371 e. The van der Waals surface area contributed by atoms with E-state index in [1.807, 2.05) is 6.92 Å². The summed E-state index contributed by atoms with van der Waals surface area (Å²) in [5.74, 6) is -0.511. The van der Waals surface area contributed by atoms with Crippen LogP contribution in [0.1, 0.15) is 74.8 Å². The maximum atomic E-state index is 10.7. The van der Waals surface area contributed by atoms with Crippen molar-refractivity contribution >= 4 is 5.97 Å². The van der Waals surface area contributed by atoms with Gasteiger partial charge in [-0.15, -0.1) is 0 Å². The summed E-state index contributed by atoms with van der Waals surface area (Å²) in [5, 5.41) is 8.76. The van der Waals surface area contributed by atoms with Crippen LogP contribution in [0.3, 0.4) is 0 Å². The van der Waals surface area contributed by atoms with Crippen LogP contribution >= 0.6 is 0 Å². The quantitative estimate of drug-likeness (QED) is 0.638. The molecule has 1 atom stereocenters. The first-order valence-corrected chi connectivity index (χ1v) is 7.09. The molecule has 0 aliphatic carbocycles. The van der Waals surface area contributed by atoms with Gasteiger partial charge in [0.2, 0.25) is 5.76 Å². The van der Waals surface area contributed by atoms with E-state index in [4.69, 9.17) is 14.3 Å². The molecular formula is C15H24O4. The Bertz CT molecular complexity index is 370. The van der Waals surface area contributed by atoms with Crippen LogP contribution in [0.5, 0.6) is 0 Å². The predicted octanol–water partition coefficient (Wildman–Crippen LogP) is 4.42. The van der Waals surface area contributed by atoms with Gasteiger partial charge in [0.15, 0.2) is 0 Å². The highest BCUT2D eigenvalue weighted by Gasteiger charge is 2.14. The summed E-state index contributed by atoms with van der Waals surface area (Å²) in [7, 11) is 0. The van der Waals surface area contributed by atoms with E-state index in [0.29, 0.717) is 12.4 Å². The van der Waals surface area contributed by atoms with Crippen molar-refractivity contribution in [2.75, 3.05) is 6.61 Å². The van der Waals surface area contributed by atoms with Crippen LogP contribution in [0.25, 0.3) is 0 Å². The molecule has 108 valence electrons. The van der Waals surface area contributed by atoms with Crippen molar-refractivity contribution < 1.29 is 19.1 Å². The minimum atomic E-state index is -1.05. The number of carboxylic acid groups (broad SMARTS) is 1. The lowest BCUT2D eigenvalue weighted by atomic mass is 10.1. The summed E-state index contributed by atoms with van der Waals surface area (Å²) in [4.78, 5) is 10.7. The van der Waals surface area contributed by atoms with Gasteiger partial charge in [-0.2, -0.15) is 0 Å². The number of ether oxygens (including phenoxy) is 1. The molecule has 0 aliphatic heterocycles. The zero-order chi connectivity index (χ0) is 14.1. The molecular weight excluding hydrogens is 244 g/mol. The molecule has 19 heavy (non-hydrogen) atoms. The van der Waals surface area contributed by atoms with E-state index in [2.05, 4.69) is 6.92 Å². The van der Waals surface area contributed by atoms with Gasteiger partial charge in [0.25, 0.3) is 0 Å². The molecule has 1 unspecified atom stereocenters. The fraction of sp³-hybridized carbons (Fsp3) is 0.667. The molecule has 4 nitrogen and oxygen atoms in total. The predicted molar refractivity (Wildman–Crippen MR) is 73.4 cm³/mol.